The monoisotopic (exact) mass is 343 g/mol. The van der Waals surface area contributed by atoms with Gasteiger partial charge in [-0.2, -0.15) is 4.98 Å². The van der Waals surface area contributed by atoms with E-state index >= 15 is 0 Å². The first-order chi connectivity index (χ1) is 11.7. The second kappa shape index (κ2) is 7.10. The molecule has 3 rings (SSSR count). The maximum Gasteiger partial charge on any atom is 0.338 e. The zero-order valence-electron chi connectivity index (χ0n) is 12.8. The van der Waals surface area contributed by atoms with Crippen LogP contribution in [0.5, 0.6) is 0 Å². The minimum absolute atomic E-state index is 0.346. The van der Waals surface area contributed by atoms with Gasteiger partial charge in [0.05, 0.1) is 17.9 Å². The fourth-order valence-corrected chi connectivity index (χ4v) is 2.18. The molecule has 8 heteroatoms. The molecule has 0 saturated carbocycles. The number of rotatable bonds is 5. The third-order valence-electron chi connectivity index (χ3n) is 3.12. The van der Waals surface area contributed by atoms with E-state index in [-0.39, 0.29) is 5.97 Å². The number of pyridine rings is 1. The zero-order chi connectivity index (χ0) is 16.9. The van der Waals surface area contributed by atoms with Crippen LogP contribution >= 0.6 is 11.6 Å². The van der Waals surface area contributed by atoms with Gasteiger partial charge in [-0.3, -0.25) is 0 Å². The number of nitrogens with zero attached hydrogens (tertiary/aromatic N) is 4. The highest BCUT2D eigenvalue weighted by molar-refractivity contribution is 6.29. The molecule has 0 aliphatic rings. The summed E-state index contributed by atoms with van der Waals surface area (Å²) in [6.07, 6.45) is 3.17. The number of aromatic nitrogens is 4. The summed E-state index contributed by atoms with van der Waals surface area (Å²) >= 11 is 5.87. The Morgan fingerprint density at radius 2 is 2.04 bits per heavy atom. The maximum absolute atomic E-state index is 11.6. The van der Waals surface area contributed by atoms with Gasteiger partial charge in [0.1, 0.15) is 11.5 Å². The van der Waals surface area contributed by atoms with Crippen LogP contribution in [0.3, 0.4) is 0 Å². The van der Waals surface area contributed by atoms with Gasteiger partial charge < -0.3 is 10.1 Å². The number of hydrogen-bond donors (Lipinski definition) is 1. The Balaban J connectivity index is 1.72. The average molecular weight is 344 g/mol. The number of hydrogen-bond acceptors (Lipinski definition) is 6. The molecule has 7 nitrogen and oxygen atoms in total. The van der Waals surface area contributed by atoms with Crippen molar-refractivity contribution in [2.24, 2.45) is 0 Å². The third kappa shape index (κ3) is 3.69. The summed E-state index contributed by atoms with van der Waals surface area (Å²) in [5, 5.41) is 7.76. The van der Waals surface area contributed by atoms with E-state index in [1.807, 2.05) is 0 Å². The lowest BCUT2D eigenvalue weighted by molar-refractivity contribution is 0.0526. The van der Waals surface area contributed by atoms with E-state index in [9.17, 15) is 4.79 Å². The molecular formula is C16H14ClN5O2. The fourth-order valence-electron chi connectivity index (χ4n) is 2.01. The average Bonchev–Trinajstić information content (AvgIpc) is 3.04. The van der Waals surface area contributed by atoms with Gasteiger partial charge in [-0.1, -0.05) is 11.6 Å². The van der Waals surface area contributed by atoms with Crippen LogP contribution in [-0.2, 0) is 4.74 Å². The lowest BCUT2D eigenvalue weighted by Crippen LogP contribution is -2.04. The number of carbonyl (C=O) groups excluding carboxylic acids is 1. The molecule has 0 unspecified atom stereocenters. The first kappa shape index (κ1) is 15.9. The Labute approximate surface area is 143 Å². The summed E-state index contributed by atoms with van der Waals surface area (Å²) in [6, 6.07) is 10.3. The molecule has 1 aromatic carbocycles. The van der Waals surface area contributed by atoms with Crippen molar-refractivity contribution in [2.75, 3.05) is 11.9 Å². The van der Waals surface area contributed by atoms with Gasteiger partial charge in [0.15, 0.2) is 0 Å². The molecule has 2 aromatic heterocycles. The molecule has 122 valence electrons. The van der Waals surface area contributed by atoms with Crippen LogP contribution < -0.4 is 5.32 Å². The van der Waals surface area contributed by atoms with E-state index in [0.29, 0.717) is 23.3 Å². The molecule has 0 atom stereocenters. The Morgan fingerprint density at radius 3 is 2.75 bits per heavy atom. The highest BCUT2D eigenvalue weighted by Gasteiger charge is 2.07. The van der Waals surface area contributed by atoms with Gasteiger partial charge >= 0.3 is 5.97 Å². The van der Waals surface area contributed by atoms with Gasteiger partial charge in [0.2, 0.25) is 5.95 Å². The van der Waals surface area contributed by atoms with Crippen molar-refractivity contribution in [1.29, 1.82) is 0 Å². The second-order valence-corrected chi connectivity index (χ2v) is 5.16. The normalized spacial score (nSPS) is 10.4. The minimum Gasteiger partial charge on any atom is -0.462 e. The molecule has 24 heavy (non-hydrogen) atoms. The van der Waals surface area contributed by atoms with E-state index in [1.165, 1.54) is 0 Å². The van der Waals surface area contributed by atoms with Crippen LogP contribution in [0, 0.1) is 0 Å². The quantitative estimate of drug-likeness (QED) is 0.565. The van der Waals surface area contributed by atoms with Gasteiger partial charge in [0.25, 0.3) is 0 Å². The first-order valence-electron chi connectivity index (χ1n) is 7.23. The maximum atomic E-state index is 11.6. The van der Waals surface area contributed by atoms with Crippen molar-refractivity contribution >= 4 is 29.2 Å². The van der Waals surface area contributed by atoms with Crippen molar-refractivity contribution in [3.8, 4) is 5.69 Å². The molecule has 0 fully saturated rings. The van der Waals surface area contributed by atoms with Crippen LogP contribution in [0.15, 0.2) is 48.9 Å². The van der Waals surface area contributed by atoms with Crippen LogP contribution in [0.4, 0.5) is 11.6 Å². The molecule has 1 N–H and O–H groups in total. The van der Waals surface area contributed by atoms with E-state index in [1.54, 1.807) is 60.5 Å². The summed E-state index contributed by atoms with van der Waals surface area (Å²) in [5.41, 5.74) is 2.01. The molecule has 3 aromatic rings. The predicted molar refractivity (Wildman–Crippen MR) is 89.8 cm³/mol. The van der Waals surface area contributed by atoms with Crippen molar-refractivity contribution in [3.05, 3.63) is 59.6 Å². The molecule has 2 heterocycles. The molecule has 0 bridgehead atoms. The van der Waals surface area contributed by atoms with Crippen LogP contribution in [0.25, 0.3) is 5.69 Å². The Kier molecular flexibility index (Phi) is 4.72. The van der Waals surface area contributed by atoms with E-state index in [4.69, 9.17) is 16.3 Å². The summed E-state index contributed by atoms with van der Waals surface area (Å²) in [4.78, 5) is 19.7. The number of carbonyl (C=O) groups is 1. The minimum atomic E-state index is -0.346. The van der Waals surface area contributed by atoms with Gasteiger partial charge in [0, 0.05) is 18.0 Å². The third-order valence-corrected chi connectivity index (χ3v) is 3.33. The molecule has 0 radical (unpaired) electrons. The molecule has 0 amide bonds. The first-order valence-corrected chi connectivity index (χ1v) is 7.61. The van der Waals surface area contributed by atoms with Gasteiger partial charge in [-0.15, -0.1) is 5.10 Å². The molecule has 0 aliphatic carbocycles. The summed E-state index contributed by atoms with van der Waals surface area (Å²) in [7, 11) is 0. The van der Waals surface area contributed by atoms with Crippen LogP contribution in [-0.4, -0.2) is 32.3 Å². The van der Waals surface area contributed by atoms with Crippen LogP contribution in [0.2, 0.25) is 5.15 Å². The van der Waals surface area contributed by atoms with Crippen LogP contribution in [0.1, 0.15) is 17.3 Å². The molecular weight excluding hydrogens is 330 g/mol. The van der Waals surface area contributed by atoms with Crippen molar-refractivity contribution < 1.29 is 9.53 Å². The van der Waals surface area contributed by atoms with Crippen molar-refractivity contribution in [2.45, 2.75) is 6.92 Å². The fraction of sp³-hybridized carbons (Fsp3) is 0.125. The Bertz CT molecular complexity index is 848. The number of halogens is 1. The molecule has 0 aliphatic heterocycles. The molecule has 0 spiro atoms. The number of anilines is 2. The number of esters is 1. The summed E-state index contributed by atoms with van der Waals surface area (Å²) in [5.74, 6) is 0.0767. The lowest BCUT2D eigenvalue weighted by Gasteiger charge is -2.04. The smallest absolute Gasteiger partial charge is 0.338 e. The van der Waals surface area contributed by atoms with Crippen molar-refractivity contribution in [1.82, 2.24) is 19.7 Å². The van der Waals surface area contributed by atoms with Gasteiger partial charge in [-0.25, -0.2) is 14.5 Å². The summed E-state index contributed by atoms with van der Waals surface area (Å²) < 4.78 is 6.53. The topological polar surface area (TPSA) is 81.9 Å². The predicted octanol–water partition coefficient (Wildman–Crippen LogP) is 3.24. The Morgan fingerprint density at radius 1 is 1.25 bits per heavy atom. The highest BCUT2D eigenvalue weighted by Crippen LogP contribution is 2.16. The SMILES string of the molecule is CCOC(=O)c1ccc(Nc2ncn(-c3ccnc(Cl)c3)n2)cc1. The lowest BCUT2D eigenvalue weighted by atomic mass is 10.2. The van der Waals surface area contributed by atoms with Gasteiger partial charge in [-0.05, 0) is 37.3 Å². The zero-order valence-corrected chi connectivity index (χ0v) is 13.6. The van der Waals surface area contributed by atoms with E-state index in [2.05, 4.69) is 20.4 Å². The Hall–Kier alpha value is -2.93. The van der Waals surface area contributed by atoms with Crippen molar-refractivity contribution in [3.63, 3.8) is 0 Å². The highest BCUT2D eigenvalue weighted by atomic mass is 35.5. The number of ether oxygens (including phenoxy) is 1. The summed E-state index contributed by atoms with van der Waals surface area (Å²) in [6.45, 7) is 2.12. The van der Waals surface area contributed by atoms with E-state index < -0.39 is 0 Å². The number of nitrogens with one attached hydrogen (secondary N) is 1. The standard InChI is InChI=1S/C16H14ClN5O2/c1-2-24-15(23)11-3-5-12(6-4-11)20-16-19-10-22(21-16)13-7-8-18-14(17)9-13/h3-10H,2H2,1H3,(H,20,21). The molecule has 0 saturated heterocycles. The second-order valence-electron chi connectivity index (χ2n) is 4.77. The van der Waals surface area contributed by atoms with E-state index in [0.717, 1.165) is 11.4 Å². The largest absolute Gasteiger partial charge is 0.462 e. The number of benzene rings is 1.